The number of benzene rings is 1. The van der Waals surface area contributed by atoms with Gasteiger partial charge >= 0.3 is 0 Å². The zero-order valence-corrected chi connectivity index (χ0v) is 14.4. The summed E-state index contributed by atoms with van der Waals surface area (Å²) in [7, 11) is 1.66. The van der Waals surface area contributed by atoms with Crippen molar-refractivity contribution in [2.45, 2.75) is 26.2 Å². The minimum absolute atomic E-state index is 0.0126. The molecule has 5 nitrogen and oxygen atoms in total. The number of rotatable bonds is 5. The molecule has 0 bridgehead atoms. The van der Waals surface area contributed by atoms with Crippen LogP contribution in [-0.2, 0) is 0 Å². The number of aromatic nitrogens is 2. The van der Waals surface area contributed by atoms with Crippen LogP contribution in [0.15, 0.2) is 36.4 Å². The van der Waals surface area contributed by atoms with Crippen LogP contribution >= 0.6 is 0 Å². The highest BCUT2D eigenvalue weighted by Gasteiger charge is 2.33. The van der Waals surface area contributed by atoms with E-state index in [-0.39, 0.29) is 12.0 Å². The monoisotopic (exact) mass is 327 g/mol. The Morgan fingerprint density at radius 2 is 2.04 bits per heavy atom. The third-order valence-corrected chi connectivity index (χ3v) is 5.10. The van der Waals surface area contributed by atoms with Gasteiger partial charge in [0, 0.05) is 24.1 Å². The number of ether oxygens (including phenoxy) is 1. The number of methoxy groups -OCH3 is 1. The van der Waals surface area contributed by atoms with Crippen molar-refractivity contribution >= 4 is 5.82 Å². The average molecular weight is 327 g/mol. The molecule has 1 aliphatic heterocycles. The lowest BCUT2D eigenvalue weighted by atomic mass is 9.78. The van der Waals surface area contributed by atoms with Crippen LogP contribution in [0.1, 0.15) is 26.2 Å². The summed E-state index contributed by atoms with van der Waals surface area (Å²) in [5.74, 6) is 1.67. The molecule has 3 rings (SSSR count). The molecule has 1 saturated heterocycles. The highest BCUT2D eigenvalue weighted by molar-refractivity contribution is 5.67. The fourth-order valence-electron chi connectivity index (χ4n) is 3.43. The average Bonchev–Trinajstić information content (AvgIpc) is 2.68. The summed E-state index contributed by atoms with van der Waals surface area (Å²) < 4.78 is 5.40. The quantitative estimate of drug-likeness (QED) is 0.914. The van der Waals surface area contributed by atoms with Gasteiger partial charge < -0.3 is 14.7 Å². The molecular formula is C19H25N3O2. The molecule has 0 aliphatic carbocycles. The topological polar surface area (TPSA) is 58.5 Å². The summed E-state index contributed by atoms with van der Waals surface area (Å²) in [5.41, 5.74) is 1.73. The molecule has 0 saturated carbocycles. The van der Waals surface area contributed by atoms with E-state index in [9.17, 15) is 5.11 Å². The van der Waals surface area contributed by atoms with E-state index >= 15 is 0 Å². The molecule has 5 heteroatoms. The fraction of sp³-hybridized carbons (Fsp3) is 0.474. The van der Waals surface area contributed by atoms with Gasteiger partial charge in [-0.3, -0.25) is 0 Å². The molecule has 0 spiro atoms. The van der Waals surface area contributed by atoms with E-state index < -0.39 is 0 Å². The standard InChI is InChI=1S/C19H25N3O2/c1-3-19(14-23)11-6-12-22(13-19)18-10-9-16(20-21-18)15-7-4-5-8-17(15)24-2/h4-5,7-10,23H,3,6,11-14H2,1-2H3. The lowest BCUT2D eigenvalue weighted by Crippen LogP contribution is -2.45. The number of piperidine rings is 1. The lowest BCUT2D eigenvalue weighted by molar-refractivity contribution is 0.101. The summed E-state index contributed by atoms with van der Waals surface area (Å²) >= 11 is 0. The first kappa shape index (κ1) is 16.7. The third kappa shape index (κ3) is 3.22. The Morgan fingerprint density at radius 1 is 1.21 bits per heavy atom. The first-order valence-electron chi connectivity index (χ1n) is 8.54. The van der Waals surface area contributed by atoms with Gasteiger partial charge in [0.05, 0.1) is 19.4 Å². The van der Waals surface area contributed by atoms with Gasteiger partial charge in [0.2, 0.25) is 0 Å². The van der Waals surface area contributed by atoms with Crippen LogP contribution in [0.5, 0.6) is 5.75 Å². The maximum absolute atomic E-state index is 9.78. The second-order valence-corrected chi connectivity index (χ2v) is 6.51. The number of anilines is 1. The van der Waals surface area contributed by atoms with Crippen molar-refractivity contribution in [2.24, 2.45) is 5.41 Å². The highest BCUT2D eigenvalue weighted by atomic mass is 16.5. The summed E-state index contributed by atoms with van der Waals surface area (Å²) in [4.78, 5) is 2.24. The van der Waals surface area contributed by atoms with Crippen molar-refractivity contribution in [1.82, 2.24) is 10.2 Å². The zero-order valence-electron chi connectivity index (χ0n) is 14.4. The van der Waals surface area contributed by atoms with Gasteiger partial charge in [0.25, 0.3) is 0 Å². The van der Waals surface area contributed by atoms with Gasteiger partial charge in [-0.2, -0.15) is 0 Å². The van der Waals surface area contributed by atoms with Gasteiger partial charge in [0.1, 0.15) is 5.75 Å². The van der Waals surface area contributed by atoms with Crippen molar-refractivity contribution in [3.8, 4) is 17.0 Å². The fourth-order valence-corrected chi connectivity index (χ4v) is 3.43. The molecular weight excluding hydrogens is 302 g/mol. The summed E-state index contributed by atoms with van der Waals surface area (Å²) in [5, 5.41) is 18.6. The molecule has 1 atom stereocenters. The van der Waals surface area contributed by atoms with Crippen molar-refractivity contribution in [3.63, 3.8) is 0 Å². The second-order valence-electron chi connectivity index (χ2n) is 6.51. The molecule has 128 valence electrons. The third-order valence-electron chi connectivity index (χ3n) is 5.10. The molecule has 1 aromatic carbocycles. The van der Waals surface area contributed by atoms with Crippen molar-refractivity contribution in [1.29, 1.82) is 0 Å². The van der Waals surface area contributed by atoms with Crippen LogP contribution in [0.4, 0.5) is 5.82 Å². The van der Waals surface area contributed by atoms with Gasteiger partial charge in [-0.1, -0.05) is 19.1 Å². The largest absolute Gasteiger partial charge is 0.496 e. The van der Waals surface area contributed by atoms with Crippen molar-refractivity contribution < 1.29 is 9.84 Å². The molecule has 2 heterocycles. The van der Waals surface area contributed by atoms with E-state index in [1.807, 2.05) is 36.4 Å². The van der Waals surface area contributed by atoms with E-state index in [4.69, 9.17) is 4.74 Å². The number of para-hydroxylation sites is 1. The summed E-state index contributed by atoms with van der Waals surface area (Å²) in [6.45, 7) is 4.18. The van der Waals surface area contributed by atoms with Crippen molar-refractivity contribution in [2.75, 3.05) is 31.7 Å². The first-order valence-corrected chi connectivity index (χ1v) is 8.54. The Morgan fingerprint density at radius 3 is 2.71 bits per heavy atom. The minimum atomic E-state index is -0.0126. The summed E-state index contributed by atoms with van der Waals surface area (Å²) in [6.07, 6.45) is 3.13. The first-order chi connectivity index (χ1) is 11.7. The SMILES string of the molecule is CCC1(CO)CCCN(c2ccc(-c3ccccc3OC)nn2)C1. The van der Waals surface area contributed by atoms with E-state index in [0.29, 0.717) is 0 Å². The van der Waals surface area contributed by atoms with Crippen LogP contribution in [0, 0.1) is 5.41 Å². The number of aliphatic hydroxyl groups excluding tert-OH is 1. The number of aliphatic hydroxyl groups is 1. The molecule has 24 heavy (non-hydrogen) atoms. The summed E-state index contributed by atoms with van der Waals surface area (Å²) in [6, 6.07) is 11.8. The van der Waals surface area contributed by atoms with E-state index in [1.54, 1.807) is 7.11 Å². The zero-order chi connectivity index (χ0) is 17.0. The van der Waals surface area contributed by atoms with Crippen LogP contribution in [0.2, 0.25) is 0 Å². The Bertz CT molecular complexity index is 669. The second kappa shape index (κ2) is 7.18. The van der Waals surface area contributed by atoms with Crippen LogP contribution < -0.4 is 9.64 Å². The molecule has 2 aromatic rings. The Labute approximate surface area is 143 Å². The lowest BCUT2D eigenvalue weighted by Gasteiger charge is -2.41. The highest BCUT2D eigenvalue weighted by Crippen LogP contribution is 2.35. The van der Waals surface area contributed by atoms with Crippen LogP contribution in [0.3, 0.4) is 0 Å². The molecule has 0 amide bonds. The van der Waals surface area contributed by atoms with Gasteiger partial charge in [-0.05, 0) is 43.5 Å². The maximum atomic E-state index is 9.78. The molecule has 1 aromatic heterocycles. The molecule has 1 N–H and O–H groups in total. The normalized spacial score (nSPS) is 20.9. The van der Waals surface area contributed by atoms with Crippen LogP contribution in [0.25, 0.3) is 11.3 Å². The predicted molar refractivity (Wildman–Crippen MR) is 95.3 cm³/mol. The van der Waals surface area contributed by atoms with Gasteiger partial charge in [-0.25, -0.2) is 0 Å². The Hall–Kier alpha value is -2.14. The number of hydrogen-bond acceptors (Lipinski definition) is 5. The number of nitrogens with zero attached hydrogens (tertiary/aromatic N) is 3. The van der Waals surface area contributed by atoms with Gasteiger partial charge in [-0.15, -0.1) is 10.2 Å². The number of hydrogen-bond donors (Lipinski definition) is 1. The van der Waals surface area contributed by atoms with Crippen molar-refractivity contribution in [3.05, 3.63) is 36.4 Å². The van der Waals surface area contributed by atoms with E-state index in [1.165, 1.54) is 0 Å². The van der Waals surface area contributed by atoms with Gasteiger partial charge in [0.15, 0.2) is 5.82 Å². The molecule has 1 aliphatic rings. The molecule has 1 unspecified atom stereocenters. The Kier molecular flexibility index (Phi) is 5.00. The predicted octanol–water partition coefficient (Wildman–Crippen LogP) is 3.14. The van der Waals surface area contributed by atoms with Crippen LogP contribution in [-0.4, -0.2) is 42.1 Å². The Balaban J connectivity index is 1.82. The van der Waals surface area contributed by atoms with E-state index in [0.717, 1.165) is 55.2 Å². The molecule has 1 fully saturated rings. The minimum Gasteiger partial charge on any atom is -0.496 e. The van der Waals surface area contributed by atoms with E-state index in [2.05, 4.69) is 22.0 Å². The maximum Gasteiger partial charge on any atom is 0.151 e. The smallest absolute Gasteiger partial charge is 0.151 e. The molecule has 0 radical (unpaired) electrons.